The minimum atomic E-state index is -3.36. The molecule has 0 unspecified atom stereocenters. The Morgan fingerprint density at radius 3 is 2.13 bits per heavy atom. The first-order valence-corrected chi connectivity index (χ1v) is 13.4. The summed E-state index contributed by atoms with van der Waals surface area (Å²) in [7, 11) is -0.480. The second-order valence-electron chi connectivity index (χ2n) is 8.81. The van der Waals surface area contributed by atoms with E-state index >= 15 is 0 Å². The molecule has 0 atom stereocenters. The van der Waals surface area contributed by atoms with Gasteiger partial charge < -0.3 is 23.2 Å². The molecule has 0 aromatic heterocycles. The molecule has 1 aromatic rings. The second kappa shape index (κ2) is 12.1. The molecule has 0 saturated carbocycles. The Hall–Kier alpha value is -3.84. The summed E-state index contributed by atoms with van der Waals surface area (Å²) in [5.74, 6) is -2.30. The normalized spacial score (nSPS) is 17.0. The molecule has 0 saturated heterocycles. The van der Waals surface area contributed by atoms with Gasteiger partial charge in [-0.05, 0) is 56.5 Å². The first-order valence-electron chi connectivity index (χ1n) is 11.9. The summed E-state index contributed by atoms with van der Waals surface area (Å²) in [6.07, 6.45) is 1.80. The van der Waals surface area contributed by atoms with Gasteiger partial charge >= 0.3 is 11.9 Å². The Balaban J connectivity index is 1.86. The number of benzene rings is 1. The second-order valence-corrected chi connectivity index (χ2v) is 10.9. The van der Waals surface area contributed by atoms with Gasteiger partial charge in [-0.3, -0.25) is 19.8 Å². The number of aliphatic imine (C=N–C) groups is 1. The van der Waals surface area contributed by atoms with E-state index in [9.17, 15) is 19.2 Å². The van der Waals surface area contributed by atoms with Gasteiger partial charge in [0, 0.05) is 42.9 Å². The Bertz CT molecular complexity index is 1180. The molecule has 2 heterocycles. The number of carbonyl (C=O) groups excluding carboxylic acids is 4. The highest BCUT2D eigenvalue weighted by atomic mass is 32.3. The summed E-state index contributed by atoms with van der Waals surface area (Å²) >= 11 is 0. The summed E-state index contributed by atoms with van der Waals surface area (Å²) in [6.45, 7) is 9.17. The van der Waals surface area contributed by atoms with E-state index in [0.717, 1.165) is 17.6 Å². The van der Waals surface area contributed by atoms with Gasteiger partial charge in [0.1, 0.15) is 5.70 Å². The van der Waals surface area contributed by atoms with Gasteiger partial charge in [-0.15, -0.1) is 0 Å². The van der Waals surface area contributed by atoms with Crippen molar-refractivity contribution in [1.29, 1.82) is 0 Å². The van der Waals surface area contributed by atoms with Gasteiger partial charge in [-0.25, -0.2) is 14.6 Å². The number of methoxy groups -OCH3 is 2. The summed E-state index contributed by atoms with van der Waals surface area (Å²) in [4.78, 5) is 57.0. The fourth-order valence-electron chi connectivity index (χ4n) is 3.83. The molecule has 2 aliphatic rings. The fourth-order valence-corrected chi connectivity index (χ4v) is 5.75. The lowest BCUT2D eigenvalue weighted by atomic mass is 10.2. The maximum atomic E-state index is 13.1. The number of carbonyl (C=O) groups is 4. The highest BCUT2D eigenvalue weighted by Gasteiger charge is 2.41. The van der Waals surface area contributed by atoms with Crippen LogP contribution in [-0.4, -0.2) is 73.2 Å². The van der Waals surface area contributed by atoms with Crippen LogP contribution in [-0.2, 0) is 22.7 Å². The summed E-state index contributed by atoms with van der Waals surface area (Å²) in [5.41, 5.74) is -0.00424. The molecule has 13 heteroatoms. The van der Waals surface area contributed by atoms with Crippen LogP contribution in [0.25, 0.3) is 0 Å². The molecule has 1 spiro atoms. The standard InChI is InChI=1S/C25H32N4O8S/c1-15(2)29(16(3)4)12-11-26-24(33)18-14-38(36-21(30)9-10-22(31)37-38)25(27-18)28-23(32)17-7-8-19(34-5)20(13-17)35-6/h7-10,13-16H,11-12H2,1-6H3,(H,26,33)(H,27,28,32). The number of ether oxygens (including phenoxy) is 2. The average Bonchev–Trinajstić information content (AvgIpc) is 3.12. The van der Waals surface area contributed by atoms with E-state index in [0.29, 0.717) is 24.6 Å². The molecule has 0 aliphatic carbocycles. The number of rotatable bonds is 9. The largest absolute Gasteiger partial charge is 0.493 e. The minimum absolute atomic E-state index is 0.157. The number of hydrogen-bond acceptors (Lipinski definition) is 10. The van der Waals surface area contributed by atoms with Crippen molar-refractivity contribution >= 4 is 39.5 Å². The van der Waals surface area contributed by atoms with Gasteiger partial charge in [0.05, 0.1) is 19.6 Å². The lowest BCUT2D eigenvalue weighted by Gasteiger charge is -2.34. The average molecular weight is 549 g/mol. The van der Waals surface area contributed by atoms with Crippen molar-refractivity contribution in [2.75, 3.05) is 27.3 Å². The van der Waals surface area contributed by atoms with E-state index in [2.05, 4.69) is 48.2 Å². The van der Waals surface area contributed by atoms with Crippen molar-refractivity contribution in [2.45, 2.75) is 39.8 Å². The Morgan fingerprint density at radius 2 is 1.58 bits per heavy atom. The van der Waals surface area contributed by atoms with Gasteiger partial charge in [-0.2, -0.15) is 0 Å². The molecule has 38 heavy (non-hydrogen) atoms. The highest BCUT2D eigenvalue weighted by molar-refractivity contribution is 8.41. The lowest BCUT2D eigenvalue weighted by Crippen LogP contribution is -2.42. The predicted octanol–water partition coefficient (Wildman–Crippen LogP) is 2.17. The van der Waals surface area contributed by atoms with Crippen molar-refractivity contribution in [3.8, 4) is 11.5 Å². The van der Waals surface area contributed by atoms with Gasteiger partial charge in [0.15, 0.2) is 11.5 Å². The smallest absolute Gasteiger partial charge is 0.354 e. The zero-order chi connectivity index (χ0) is 28.0. The van der Waals surface area contributed by atoms with Crippen molar-refractivity contribution < 1.29 is 37.0 Å². The van der Waals surface area contributed by atoms with Crippen LogP contribution in [0.1, 0.15) is 38.1 Å². The maximum Gasteiger partial charge on any atom is 0.354 e. The third kappa shape index (κ3) is 6.53. The van der Waals surface area contributed by atoms with Crippen LogP contribution in [0.4, 0.5) is 0 Å². The van der Waals surface area contributed by atoms with E-state index in [4.69, 9.17) is 17.8 Å². The van der Waals surface area contributed by atoms with E-state index in [-0.39, 0.29) is 28.5 Å². The minimum Gasteiger partial charge on any atom is -0.493 e. The summed E-state index contributed by atoms with van der Waals surface area (Å²) in [6, 6.07) is 5.01. The summed E-state index contributed by atoms with van der Waals surface area (Å²) < 4.78 is 21.2. The molecular formula is C25H32N4O8S. The number of amidine groups is 1. The molecule has 0 radical (unpaired) electrons. The number of nitrogens with zero attached hydrogens (tertiary/aromatic N) is 2. The predicted molar refractivity (Wildman–Crippen MR) is 141 cm³/mol. The van der Waals surface area contributed by atoms with Gasteiger partial charge in [0.25, 0.3) is 11.8 Å². The van der Waals surface area contributed by atoms with Crippen LogP contribution in [0.3, 0.4) is 0 Å². The monoisotopic (exact) mass is 548 g/mol. The third-order valence-electron chi connectivity index (χ3n) is 5.61. The topological polar surface area (TPSA) is 145 Å². The SMILES string of the molecule is COc1ccc(C(=O)NC2=NC(C(=O)NCCN(C(C)C)C(C)C)=CS23OC(=O)C=CC(=O)O3)cc1OC. The molecule has 2 aliphatic heterocycles. The highest BCUT2D eigenvalue weighted by Crippen LogP contribution is 2.58. The van der Waals surface area contributed by atoms with E-state index < -0.39 is 34.3 Å². The van der Waals surface area contributed by atoms with E-state index in [1.165, 1.54) is 32.4 Å². The molecule has 2 N–H and O–H groups in total. The first kappa shape index (κ1) is 28.7. The number of nitrogens with one attached hydrogen (secondary N) is 2. The Kier molecular flexibility index (Phi) is 9.17. The lowest BCUT2D eigenvalue weighted by molar-refractivity contribution is -0.129. The zero-order valence-corrected chi connectivity index (χ0v) is 22.9. The van der Waals surface area contributed by atoms with Gasteiger partial charge in [-0.1, -0.05) is 0 Å². The van der Waals surface area contributed by atoms with E-state index in [1.807, 2.05) is 0 Å². The molecule has 3 rings (SSSR count). The Morgan fingerprint density at radius 1 is 0.974 bits per heavy atom. The quantitative estimate of drug-likeness (QED) is 0.474. The molecule has 206 valence electrons. The van der Waals surface area contributed by atoms with Crippen LogP contribution in [0.2, 0.25) is 0 Å². The molecular weight excluding hydrogens is 516 g/mol. The van der Waals surface area contributed by atoms with Crippen molar-refractivity contribution in [3.05, 3.63) is 47.0 Å². The van der Waals surface area contributed by atoms with Crippen LogP contribution in [0.15, 0.2) is 46.4 Å². The number of amides is 2. The van der Waals surface area contributed by atoms with Crippen LogP contribution in [0, 0.1) is 0 Å². The molecule has 12 nitrogen and oxygen atoms in total. The maximum absolute atomic E-state index is 13.1. The van der Waals surface area contributed by atoms with Crippen molar-refractivity contribution in [2.24, 2.45) is 4.99 Å². The van der Waals surface area contributed by atoms with E-state index in [1.54, 1.807) is 0 Å². The Labute approximate surface area is 222 Å². The summed E-state index contributed by atoms with van der Waals surface area (Å²) in [5, 5.41) is 6.19. The van der Waals surface area contributed by atoms with Crippen LogP contribution < -0.4 is 20.1 Å². The van der Waals surface area contributed by atoms with Gasteiger partial charge in [0.2, 0.25) is 5.17 Å². The molecule has 2 amide bonds. The van der Waals surface area contributed by atoms with Crippen molar-refractivity contribution in [1.82, 2.24) is 15.5 Å². The third-order valence-corrected chi connectivity index (χ3v) is 7.70. The molecule has 0 fully saturated rings. The zero-order valence-electron chi connectivity index (χ0n) is 22.1. The van der Waals surface area contributed by atoms with Crippen LogP contribution in [0.5, 0.6) is 11.5 Å². The fraction of sp³-hybridized carbons (Fsp3) is 0.400. The molecule has 0 bridgehead atoms. The first-order chi connectivity index (χ1) is 18.0. The van der Waals surface area contributed by atoms with Crippen molar-refractivity contribution in [3.63, 3.8) is 0 Å². The number of hydrogen-bond donors (Lipinski definition) is 2. The van der Waals surface area contributed by atoms with Crippen LogP contribution >= 0.6 is 10.6 Å². The molecule has 1 aromatic carbocycles.